The van der Waals surface area contributed by atoms with Gasteiger partial charge in [-0.25, -0.2) is 0 Å². The topological polar surface area (TPSA) is 35.2 Å². The Morgan fingerprint density at radius 2 is 1.86 bits per heavy atom. The molecule has 2 nitrogen and oxygen atoms in total. The maximum atomic E-state index is 6.45. The lowest BCUT2D eigenvalue weighted by atomic mass is 9.80. The zero-order chi connectivity index (χ0) is 15.4. The minimum Gasteiger partial charge on any atom is -0.369 e. The predicted octanol–water partition coefficient (Wildman–Crippen LogP) is 5.07. The Bertz CT molecular complexity index is 433. The Balaban J connectivity index is 2.08. The van der Waals surface area contributed by atoms with Gasteiger partial charge in [0.05, 0.1) is 12.2 Å². The molecule has 0 spiro atoms. The highest BCUT2D eigenvalue weighted by molar-refractivity contribution is 9.10. The zero-order valence-corrected chi connectivity index (χ0v) is 15.0. The largest absolute Gasteiger partial charge is 0.369 e. The first-order valence-corrected chi connectivity index (χ1v) is 8.97. The third-order valence-corrected chi connectivity index (χ3v) is 5.48. The molecule has 0 heterocycles. The minimum atomic E-state index is 0.00806. The van der Waals surface area contributed by atoms with Crippen molar-refractivity contribution in [1.82, 2.24) is 0 Å². The van der Waals surface area contributed by atoms with Gasteiger partial charge in [0, 0.05) is 10.5 Å². The number of nitrogens with two attached hydrogens (primary N) is 1. The molecule has 21 heavy (non-hydrogen) atoms. The molecule has 0 radical (unpaired) electrons. The molecule has 0 saturated heterocycles. The van der Waals surface area contributed by atoms with E-state index in [1.807, 2.05) is 0 Å². The van der Waals surface area contributed by atoms with E-state index in [9.17, 15) is 0 Å². The average molecular weight is 354 g/mol. The van der Waals surface area contributed by atoms with Crippen LogP contribution in [0.2, 0.25) is 0 Å². The van der Waals surface area contributed by atoms with Gasteiger partial charge in [-0.2, -0.15) is 0 Å². The molecule has 1 aliphatic rings. The Kier molecular flexibility index (Phi) is 6.27. The van der Waals surface area contributed by atoms with Gasteiger partial charge in [-0.05, 0) is 55.2 Å². The van der Waals surface area contributed by atoms with Crippen LogP contribution in [0.4, 0.5) is 0 Å². The van der Waals surface area contributed by atoms with Gasteiger partial charge >= 0.3 is 0 Å². The second-order valence-electron chi connectivity index (χ2n) is 6.57. The Morgan fingerprint density at radius 3 is 2.43 bits per heavy atom. The molecular formula is C18H28BrNO. The van der Waals surface area contributed by atoms with Gasteiger partial charge in [0.25, 0.3) is 0 Å². The molecule has 3 heteroatoms. The summed E-state index contributed by atoms with van der Waals surface area (Å²) in [7, 11) is 0. The van der Waals surface area contributed by atoms with Crippen LogP contribution in [0, 0.1) is 11.8 Å². The van der Waals surface area contributed by atoms with Crippen LogP contribution in [0.3, 0.4) is 0 Å². The SMILES string of the molecule is CCC(N)C(OC1CCC(C)C(C)C1)c1ccc(Br)cc1. The van der Waals surface area contributed by atoms with Gasteiger partial charge in [-0.15, -0.1) is 0 Å². The van der Waals surface area contributed by atoms with Crippen molar-refractivity contribution in [2.45, 2.75) is 64.7 Å². The Hall–Kier alpha value is -0.380. The van der Waals surface area contributed by atoms with Crippen LogP contribution in [0.1, 0.15) is 58.1 Å². The van der Waals surface area contributed by atoms with E-state index in [4.69, 9.17) is 10.5 Å². The molecule has 1 aromatic carbocycles. The lowest BCUT2D eigenvalue weighted by Crippen LogP contribution is -2.35. The van der Waals surface area contributed by atoms with Crippen LogP contribution < -0.4 is 5.73 Å². The van der Waals surface area contributed by atoms with Crippen LogP contribution in [0.25, 0.3) is 0 Å². The smallest absolute Gasteiger partial charge is 0.0979 e. The van der Waals surface area contributed by atoms with E-state index in [0.29, 0.717) is 6.10 Å². The highest BCUT2D eigenvalue weighted by Gasteiger charge is 2.29. The van der Waals surface area contributed by atoms with Crippen LogP contribution >= 0.6 is 15.9 Å². The molecule has 0 bridgehead atoms. The minimum absolute atomic E-state index is 0.00806. The second-order valence-corrected chi connectivity index (χ2v) is 7.49. The predicted molar refractivity (Wildman–Crippen MR) is 92.2 cm³/mol. The molecule has 1 aromatic rings. The van der Waals surface area contributed by atoms with E-state index in [-0.39, 0.29) is 12.1 Å². The van der Waals surface area contributed by atoms with Crippen molar-refractivity contribution in [2.75, 3.05) is 0 Å². The van der Waals surface area contributed by atoms with E-state index in [0.717, 1.165) is 35.6 Å². The molecule has 1 fully saturated rings. The Morgan fingerprint density at radius 1 is 1.19 bits per heavy atom. The van der Waals surface area contributed by atoms with Gasteiger partial charge in [-0.1, -0.05) is 48.8 Å². The lowest BCUT2D eigenvalue weighted by Gasteiger charge is -2.36. The van der Waals surface area contributed by atoms with Crippen molar-refractivity contribution in [2.24, 2.45) is 17.6 Å². The summed E-state index contributed by atoms with van der Waals surface area (Å²) < 4.78 is 7.54. The molecule has 5 atom stereocenters. The first kappa shape index (κ1) is 17.0. The van der Waals surface area contributed by atoms with Crippen molar-refractivity contribution in [1.29, 1.82) is 0 Å². The van der Waals surface area contributed by atoms with Crippen molar-refractivity contribution in [3.63, 3.8) is 0 Å². The third-order valence-electron chi connectivity index (χ3n) is 4.95. The van der Waals surface area contributed by atoms with Gasteiger partial charge in [0.1, 0.15) is 0 Å². The second kappa shape index (κ2) is 7.75. The molecule has 2 N–H and O–H groups in total. The van der Waals surface area contributed by atoms with Crippen LogP contribution in [-0.2, 0) is 4.74 Å². The summed E-state index contributed by atoms with van der Waals surface area (Å²) in [6.07, 6.45) is 4.87. The summed E-state index contributed by atoms with van der Waals surface area (Å²) >= 11 is 3.49. The van der Waals surface area contributed by atoms with E-state index < -0.39 is 0 Å². The van der Waals surface area contributed by atoms with Gasteiger partial charge in [-0.3, -0.25) is 0 Å². The summed E-state index contributed by atoms with van der Waals surface area (Å²) in [4.78, 5) is 0. The van der Waals surface area contributed by atoms with Crippen LogP contribution in [-0.4, -0.2) is 12.1 Å². The summed E-state index contributed by atoms with van der Waals surface area (Å²) in [5.74, 6) is 1.56. The van der Waals surface area contributed by atoms with Gasteiger partial charge < -0.3 is 10.5 Å². The van der Waals surface area contributed by atoms with E-state index in [1.54, 1.807) is 0 Å². The molecule has 0 aromatic heterocycles. The molecular weight excluding hydrogens is 326 g/mol. The quantitative estimate of drug-likeness (QED) is 0.801. The third kappa shape index (κ3) is 4.54. The molecule has 5 unspecified atom stereocenters. The van der Waals surface area contributed by atoms with Crippen LogP contribution in [0.15, 0.2) is 28.7 Å². The first-order chi connectivity index (χ1) is 10.0. The lowest BCUT2D eigenvalue weighted by molar-refractivity contribution is -0.0594. The van der Waals surface area contributed by atoms with Crippen molar-refractivity contribution in [3.8, 4) is 0 Å². The summed E-state index contributed by atoms with van der Waals surface area (Å²) in [5, 5.41) is 0. The fourth-order valence-corrected chi connectivity index (χ4v) is 3.39. The maximum Gasteiger partial charge on any atom is 0.0979 e. The molecule has 1 aliphatic carbocycles. The molecule has 118 valence electrons. The summed E-state index contributed by atoms with van der Waals surface area (Å²) in [6.45, 7) is 6.82. The fourth-order valence-electron chi connectivity index (χ4n) is 3.12. The molecule has 2 rings (SSSR count). The standard InChI is InChI=1S/C18H28BrNO/c1-4-17(20)18(14-6-8-15(19)9-7-14)21-16-10-5-12(2)13(3)11-16/h6-9,12-13,16-18H,4-5,10-11,20H2,1-3H3. The number of benzene rings is 1. The molecule has 0 aliphatic heterocycles. The van der Waals surface area contributed by atoms with Crippen molar-refractivity contribution >= 4 is 15.9 Å². The van der Waals surface area contributed by atoms with Crippen molar-refractivity contribution in [3.05, 3.63) is 34.3 Å². The van der Waals surface area contributed by atoms with Crippen molar-refractivity contribution < 1.29 is 4.74 Å². The number of rotatable bonds is 5. The fraction of sp³-hybridized carbons (Fsp3) is 0.667. The maximum absolute atomic E-state index is 6.45. The average Bonchev–Trinajstić information content (AvgIpc) is 2.48. The van der Waals surface area contributed by atoms with Crippen LogP contribution in [0.5, 0.6) is 0 Å². The highest BCUT2D eigenvalue weighted by atomic mass is 79.9. The zero-order valence-electron chi connectivity index (χ0n) is 13.4. The molecule has 1 saturated carbocycles. The monoisotopic (exact) mass is 353 g/mol. The number of halogens is 1. The summed E-state index contributed by atoms with van der Waals surface area (Å²) in [6, 6.07) is 8.44. The normalized spacial score (nSPS) is 29.1. The van der Waals surface area contributed by atoms with Gasteiger partial charge in [0.15, 0.2) is 0 Å². The van der Waals surface area contributed by atoms with Gasteiger partial charge in [0.2, 0.25) is 0 Å². The summed E-state index contributed by atoms with van der Waals surface area (Å²) in [5.41, 5.74) is 7.52. The van der Waals surface area contributed by atoms with E-state index in [2.05, 4.69) is 61.0 Å². The number of ether oxygens (including phenoxy) is 1. The highest BCUT2D eigenvalue weighted by Crippen LogP contribution is 2.35. The Labute approximate surface area is 137 Å². The molecule has 0 amide bonds. The number of hydrogen-bond acceptors (Lipinski definition) is 2. The first-order valence-electron chi connectivity index (χ1n) is 8.17. The number of hydrogen-bond donors (Lipinski definition) is 1. The van der Waals surface area contributed by atoms with E-state index >= 15 is 0 Å². The van der Waals surface area contributed by atoms with E-state index in [1.165, 1.54) is 12.0 Å².